The topological polar surface area (TPSA) is 61.8 Å². The second-order valence-corrected chi connectivity index (χ2v) is 6.16. The zero-order chi connectivity index (χ0) is 17.7. The minimum absolute atomic E-state index is 0.103. The minimum Gasteiger partial charge on any atom is -0.482 e. The summed E-state index contributed by atoms with van der Waals surface area (Å²) in [6.07, 6.45) is 0. The number of rotatable bonds is 5. The fourth-order valence-electron chi connectivity index (χ4n) is 1.92. The normalized spacial score (nSPS) is 10.2. The first-order chi connectivity index (χ1) is 11.4. The van der Waals surface area contributed by atoms with E-state index in [-0.39, 0.29) is 17.9 Å². The molecule has 2 aromatic carbocycles. The summed E-state index contributed by atoms with van der Waals surface area (Å²) < 4.78 is 16.0. The molecule has 7 heteroatoms. The Kier molecular flexibility index (Phi) is 6.23. The Labute approximate surface area is 152 Å². The fourth-order valence-corrected chi connectivity index (χ4v) is 2.51. The van der Waals surface area contributed by atoms with E-state index >= 15 is 0 Å². The van der Waals surface area contributed by atoms with Gasteiger partial charge in [-0.25, -0.2) is 9.59 Å². The van der Waals surface area contributed by atoms with Crippen LogP contribution in [0.25, 0.3) is 0 Å². The molecule has 0 heterocycles. The molecule has 0 radical (unpaired) electrons. The molecule has 0 N–H and O–H groups in total. The lowest BCUT2D eigenvalue weighted by atomic mass is 10.2. The van der Waals surface area contributed by atoms with Crippen molar-refractivity contribution in [3.63, 3.8) is 0 Å². The number of esters is 2. The lowest BCUT2D eigenvalue weighted by Gasteiger charge is -2.11. The molecular weight excluding hydrogens is 400 g/mol. The highest BCUT2D eigenvalue weighted by molar-refractivity contribution is 9.10. The zero-order valence-corrected chi connectivity index (χ0v) is 15.3. The predicted molar refractivity (Wildman–Crippen MR) is 92.8 cm³/mol. The Morgan fingerprint density at radius 2 is 1.83 bits per heavy atom. The van der Waals surface area contributed by atoms with Crippen molar-refractivity contribution < 1.29 is 23.8 Å². The molecule has 0 bridgehead atoms. The summed E-state index contributed by atoms with van der Waals surface area (Å²) in [5.74, 6) is -0.614. The van der Waals surface area contributed by atoms with Crippen molar-refractivity contribution in [3.05, 3.63) is 57.0 Å². The quantitative estimate of drug-likeness (QED) is 0.543. The van der Waals surface area contributed by atoms with Gasteiger partial charge in [0.25, 0.3) is 0 Å². The van der Waals surface area contributed by atoms with Crippen LogP contribution in [0.2, 0.25) is 5.02 Å². The Morgan fingerprint density at radius 3 is 2.50 bits per heavy atom. The average molecular weight is 414 g/mol. The largest absolute Gasteiger partial charge is 0.482 e. The maximum atomic E-state index is 12.0. The SMILES string of the molecule is COC(=O)c1cc(Br)ccc1OC(=O)COc1ccc(Cl)cc1C. The van der Waals surface area contributed by atoms with Gasteiger partial charge < -0.3 is 14.2 Å². The van der Waals surface area contributed by atoms with Crippen LogP contribution in [0.5, 0.6) is 11.5 Å². The second-order valence-electron chi connectivity index (χ2n) is 4.80. The number of halogens is 2. The molecular formula is C17H14BrClO5. The summed E-state index contributed by atoms with van der Waals surface area (Å²) in [5.41, 5.74) is 0.942. The van der Waals surface area contributed by atoms with Gasteiger partial charge in [-0.2, -0.15) is 0 Å². The molecule has 0 aliphatic carbocycles. The van der Waals surface area contributed by atoms with Crippen molar-refractivity contribution >= 4 is 39.5 Å². The number of hydrogen-bond donors (Lipinski definition) is 0. The van der Waals surface area contributed by atoms with E-state index in [9.17, 15) is 9.59 Å². The van der Waals surface area contributed by atoms with E-state index < -0.39 is 11.9 Å². The summed E-state index contributed by atoms with van der Waals surface area (Å²) in [6.45, 7) is 1.51. The Balaban J connectivity index is 2.06. The maximum absolute atomic E-state index is 12.0. The van der Waals surface area contributed by atoms with Crippen LogP contribution in [-0.4, -0.2) is 25.7 Å². The van der Waals surface area contributed by atoms with Crippen LogP contribution in [-0.2, 0) is 9.53 Å². The molecule has 24 heavy (non-hydrogen) atoms. The first-order valence-corrected chi connectivity index (χ1v) is 8.05. The first kappa shape index (κ1) is 18.3. The second kappa shape index (κ2) is 8.17. The molecule has 0 fully saturated rings. The average Bonchev–Trinajstić information content (AvgIpc) is 2.55. The van der Waals surface area contributed by atoms with Crippen molar-refractivity contribution in [2.45, 2.75) is 6.92 Å². The van der Waals surface area contributed by atoms with E-state index in [0.717, 1.165) is 5.56 Å². The van der Waals surface area contributed by atoms with Crippen LogP contribution in [0.3, 0.4) is 0 Å². The standard InChI is InChI=1S/C17H14BrClO5/c1-10-7-12(19)4-6-14(10)23-9-16(20)24-15-5-3-11(18)8-13(15)17(21)22-2/h3-8H,9H2,1-2H3. The van der Waals surface area contributed by atoms with Crippen LogP contribution in [0.15, 0.2) is 40.9 Å². The third-order valence-corrected chi connectivity index (χ3v) is 3.78. The van der Waals surface area contributed by atoms with Crippen LogP contribution >= 0.6 is 27.5 Å². The molecule has 0 aliphatic rings. The van der Waals surface area contributed by atoms with Crippen molar-refractivity contribution in [2.75, 3.05) is 13.7 Å². The van der Waals surface area contributed by atoms with E-state index in [4.69, 9.17) is 21.1 Å². The number of hydrogen-bond acceptors (Lipinski definition) is 5. The first-order valence-electron chi connectivity index (χ1n) is 6.88. The monoisotopic (exact) mass is 412 g/mol. The van der Waals surface area contributed by atoms with Crippen molar-refractivity contribution in [3.8, 4) is 11.5 Å². The third-order valence-electron chi connectivity index (χ3n) is 3.05. The summed E-state index contributed by atoms with van der Waals surface area (Å²) >= 11 is 9.12. The van der Waals surface area contributed by atoms with Gasteiger partial charge in [-0.1, -0.05) is 27.5 Å². The van der Waals surface area contributed by atoms with Crippen LogP contribution in [0.1, 0.15) is 15.9 Å². The van der Waals surface area contributed by atoms with E-state index in [1.165, 1.54) is 19.2 Å². The summed E-state index contributed by atoms with van der Waals surface area (Å²) in [4.78, 5) is 23.7. The number of methoxy groups -OCH3 is 1. The zero-order valence-electron chi connectivity index (χ0n) is 13.0. The Bertz CT molecular complexity index is 776. The van der Waals surface area contributed by atoms with Gasteiger partial charge in [0.15, 0.2) is 6.61 Å². The highest BCUT2D eigenvalue weighted by Crippen LogP contribution is 2.25. The highest BCUT2D eigenvalue weighted by atomic mass is 79.9. The molecule has 0 spiro atoms. The molecule has 0 aromatic heterocycles. The summed E-state index contributed by atoms with van der Waals surface area (Å²) in [5, 5.41) is 0.583. The molecule has 0 atom stereocenters. The highest BCUT2D eigenvalue weighted by Gasteiger charge is 2.17. The maximum Gasteiger partial charge on any atom is 0.349 e. The smallest absolute Gasteiger partial charge is 0.349 e. The molecule has 0 unspecified atom stereocenters. The van der Waals surface area contributed by atoms with E-state index in [1.54, 1.807) is 24.3 Å². The lowest BCUT2D eigenvalue weighted by Crippen LogP contribution is -2.19. The molecule has 0 amide bonds. The van der Waals surface area contributed by atoms with Gasteiger partial charge in [0.1, 0.15) is 17.1 Å². The summed E-state index contributed by atoms with van der Waals surface area (Å²) in [7, 11) is 1.25. The molecule has 2 aromatic rings. The van der Waals surface area contributed by atoms with Crippen LogP contribution in [0, 0.1) is 6.92 Å². The van der Waals surface area contributed by atoms with Crippen molar-refractivity contribution in [2.24, 2.45) is 0 Å². The van der Waals surface area contributed by atoms with Crippen LogP contribution < -0.4 is 9.47 Å². The Morgan fingerprint density at radius 1 is 1.12 bits per heavy atom. The minimum atomic E-state index is -0.642. The Hall–Kier alpha value is -2.05. The van der Waals surface area contributed by atoms with E-state index in [2.05, 4.69) is 20.7 Å². The number of benzene rings is 2. The third kappa shape index (κ3) is 4.72. The van der Waals surface area contributed by atoms with E-state index in [1.807, 2.05) is 6.92 Å². The number of ether oxygens (including phenoxy) is 3. The summed E-state index contributed by atoms with van der Waals surface area (Å²) in [6, 6.07) is 9.73. The number of aryl methyl sites for hydroxylation is 1. The van der Waals surface area contributed by atoms with Gasteiger partial charge in [-0.15, -0.1) is 0 Å². The van der Waals surface area contributed by atoms with Gasteiger partial charge in [0.2, 0.25) is 0 Å². The van der Waals surface area contributed by atoms with Gasteiger partial charge in [-0.3, -0.25) is 0 Å². The van der Waals surface area contributed by atoms with Gasteiger partial charge >= 0.3 is 11.9 Å². The van der Waals surface area contributed by atoms with Crippen LogP contribution in [0.4, 0.5) is 0 Å². The fraction of sp³-hybridized carbons (Fsp3) is 0.176. The molecule has 2 rings (SSSR count). The van der Waals surface area contributed by atoms with Crippen molar-refractivity contribution in [1.82, 2.24) is 0 Å². The lowest BCUT2D eigenvalue weighted by molar-refractivity contribution is -0.136. The molecule has 126 valence electrons. The number of carbonyl (C=O) groups excluding carboxylic acids is 2. The molecule has 0 saturated carbocycles. The van der Waals surface area contributed by atoms with Gasteiger partial charge in [-0.05, 0) is 48.9 Å². The van der Waals surface area contributed by atoms with Gasteiger partial charge in [0, 0.05) is 9.50 Å². The van der Waals surface area contributed by atoms with Crippen molar-refractivity contribution in [1.29, 1.82) is 0 Å². The van der Waals surface area contributed by atoms with Gasteiger partial charge in [0.05, 0.1) is 7.11 Å². The number of carbonyl (C=O) groups is 2. The molecule has 0 saturated heterocycles. The molecule has 0 aliphatic heterocycles. The predicted octanol–water partition coefficient (Wildman–Crippen LogP) is 4.18. The molecule has 5 nitrogen and oxygen atoms in total. The van der Waals surface area contributed by atoms with E-state index in [0.29, 0.717) is 15.2 Å².